The van der Waals surface area contributed by atoms with Crippen LogP contribution in [-0.4, -0.2) is 26.4 Å². The minimum absolute atomic E-state index is 0.0479. The monoisotopic (exact) mass is 375 g/mol. The van der Waals surface area contributed by atoms with E-state index in [1.54, 1.807) is 24.1 Å². The molecule has 0 aliphatic carbocycles. The van der Waals surface area contributed by atoms with E-state index in [-0.39, 0.29) is 17.0 Å². The van der Waals surface area contributed by atoms with Crippen molar-refractivity contribution in [1.29, 1.82) is 0 Å². The average molecular weight is 375 g/mol. The number of rotatable bonds is 5. The predicted molar refractivity (Wildman–Crippen MR) is 102 cm³/mol. The Balaban J connectivity index is 2.01. The molecule has 140 valence electrons. The summed E-state index contributed by atoms with van der Waals surface area (Å²) in [6, 6.07) is 11.9. The lowest BCUT2D eigenvalue weighted by molar-refractivity contribution is 0.203. The zero-order valence-corrected chi connectivity index (χ0v) is 16.3. The van der Waals surface area contributed by atoms with Crippen molar-refractivity contribution in [3.63, 3.8) is 0 Å². The standard InChI is InChI=1S/C19H25N3O3S/c1-13-5-6-17(14(2)11-13)12-22(4)19(23)21-15(3)16-7-9-18(10-8-16)26(20,24)25/h5-11,15H,12H2,1-4H3,(H,21,23)(H2,20,24,25)/t15-/m0/s1. The van der Waals surface area contributed by atoms with Crippen LogP contribution in [0, 0.1) is 13.8 Å². The van der Waals surface area contributed by atoms with Gasteiger partial charge in [-0.3, -0.25) is 0 Å². The third-order valence-electron chi connectivity index (χ3n) is 4.30. The third kappa shape index (κ3) is 5.06. The van der Waals surface area contributed by atoms with Gasteiger partial charge in [-0.25, -0.2) is 18.4 Å². The molecule has 0 heterocycles. The number of aryl methyl sites for hydroxylation is 2. The first kappa shape index (κ1) is 19.9. The summed E-state index contributed by atoms with van der Waals surface area (Å²) in [4.78, 5) is 14.1. The van der Waals surface area contributed by atoms with Gasteiger partial charge in [-0.1, -0.05) is 35.9 Å². The Morgan fingerprint density at radius 3 is 2.31 bits per heavy atom. The quantitative estimate of drug-likeness (QED) is 0.841. The van der Waals surface area contributed by atoms with Crippen molar-refractivity contribution in [2.75, 3.05) is 7.05 Å². The second-order valence-electron chi connectivity index (χ2n) is 6.57. The van der Waals surface area contributed by atoms with Gasteiger partial charge in [-0.05, 0) is 49.6 Å². The molecule has 0 bridgehead atoms. The van der Waals surface area contributed by atoms with E-state index in [1.165, 1.54) is 17.7 Å². The van der Waals surface area contributed by atoms with Gasteiger partial charge in [0, 0.05) is 13.6 Å². The molecule has 0 aromatic heterocycles. The summed E-state index contributed by atoms with van der Waals surface area (Å²) in [5.74, 6) is 0. The highest BCUT2D eigenvalue weighted by Gasteiger charge is 2.15. The fourth-order valence-corrected chi connectivity index (χ4v) is 3.19. The summed E-state index contributed by atoms with van der Waals surface area (Å²) in [6.45, 7) is 6.42. The number of nitrogens with zero attached hydrogens (tertiary/aromatic N) is 1. The fourth-order valence-electron chi connectivity index (χ4n) is 2.68. The maximum absolute atomic E-state index is 12.4. The van der Waals surface area contributed by atoms with Gasteiger partial charge < -0.3 is 10.2 Å². The van der Waals surface area contributed by atoms with Crippen molar-refractivity contribution in [3.8, 4) is 0 Å². The zero-order chi connectivity index (χ0) is 19.5. The minimum Gasteiger partial charge on any atom is -0.331 e. The summed E-state index contributed by atoms with van der Waals surface area (Å²) < 4.78 is 22.6. The van der Waals surface area contributed by atoms with Crippen LogP contribution in [0.4, 0.5) is 4.79 Å². The number of hydrogen-bond acceptors (Lipinski definition) is 3. The van der Waals surface area contributed by atoms with Gasteiger partial charge in [-0.2, -0.15) is 0 Å². The van der Waals surface area contributed by atoms with Crippen LogP contribution in [0.5, 0.6) is 0 Å². The molecule has 0 aliphatic rings. The number of hydrogen-bond donors (Lipinski definition) is 2. The summed E-state index contributed by atoms with van der Waals surface area (Å²) >= 11 is 0. The van der Waals surface area contributed by atoms with Crippen LogP contribution in [-0.2, 0) is 16.6 Å². The molecule has 2 rings (SSSR count). The number of sulfonamides is 1. The molecule has 2 aromatic rings. The third-order valence-corrected chi connectivity index (χ3v) is 5.23. The van der Waals surface area contributed by atoms with Crippen molar-refractivity contribution in [2.45, 2.75) is 38.3 Å². The molecule has 0 spiro atoms. The summed E-state index contributed by atoms with van der Waals surface area (Å²) in [5.41, 5.74) is 4.23. The van der Waals surface area contributed by atoms with E-state index in [0.29, 0.717) is 6.54 Å². The topological polar surface area (TPSA) is 92.5 Å². The van der Waals surface area contributed by atoms with Crippen molar-refractivity contribution in [1.82, 2.24) is 10.2 Å². The molecule has 2 aromatic carbocycles. The molecule has 0 saturated heterocycles. The van der Waals surface area contributed by atoms with E-state index in [1.807, 2.05) is 32.9 Å². The van der Waals surface area contributed by atoms with Gasteiger partial charge in [0.1, 0.15) is 0 Å². The Morgan fingerprint density at radius 1 is 1.15 bits per heavy atom. The zero-order valence-electron chi connectivity index (χ0n) is 15.5. The highest BCUT2D eigenvalue weighted by Crippen LogP contribution is 2.17. The molecular weight excluding hydrogens is 350 g/mol. The molecule has 0 fully saturated rings. The number of nitrogens with one attached hydrogen (secondary N) is 1. The van der Waals surface area contributed by atoms with Crippen LogP contribution in [0.15, 0.2) is 47.4 Å². The highest BCUT2D eigenvalue weighted by molar-refractivity contribution is 7.89. The normalized spacial score (nSPS) is 12.5. The van der Waals surface area contributed by atoms with Crippen LogP contribution < -0.4 is 10.5 Å². The molecule has 0 aliphatic heterocycles. The number of amides is 2. The van der Waals surface area contributed by atoms with E-state index in [9.17, 15) is 13.2 Å². The number of benzene rings is 2. The van der Waals surface area contributed by atoms with E-state index >= 15 is 0 Å². The maximum atomic E-state index is 12.4. The van der Waals surface area contributed by atoms with Gasteiger partial charge in [-0.15, -0.1) is 0 Å². The number of carbonyl (C=O) groups is 1. The molecule has 0 radical (unpaired) electrons. The summed E-state index contributed by atoms with van der Waals surface area (Å²) in [6.07, 6.45) is 0. The molecule has 6 nitrogen and oxygen atoms in total. The second kappa shape index (κ2) is 7.88. The Bertz CT molecular complexity index is 893. The molecule has 1 atom stereocenters. The SMILES string of the molecule is Cc1ccc(CN(C)C(=O)N[C@@H](C)c2ccc(S(N)(=O)=O)cc2)c(C)c1. The first-order chi connectivity index (χ1) is 12.1. The molecule has 0 unspecified atom stereocenters. The molecular formula is C19H25N3O3S. The molecule has 0 saturated carbocycles. The van der Waals surface area contributed by atoms with Crippen LogP contribution in [0.1, 0.15) is 35.2 Å². The number of nitrogens with two attached hydrogens (primary N) is 1. The molecule has 2 amide bonds. The summed E-state index contributed by atoms with van der Waals surface area (Å²) in [7, 11) is -1.98. The smallest absolute Gasteiger partial charge is 0.317 e. The van der Waals surface area contributed by atoms with Crippen LogP contribution in [0.25, 0.3) is 0 Å². The molecule has 26 heavy (non-hydrogen) atoms. The van der Waals surface area contributed by atoms with E-state index in [4.69, 9.17) is 5.14 Å². The average Bonchev–Trinajstić information content (AvgIpc) is 2.56. The fraction of sp³-hybridized carbons (Fsp3) is 0.316. The van der Waals surface area contributed by atoms with Gasteiger partial charge in [0.25, 0.3) is 0 Å². The van der Waals surface area contributed by atoms with Crippen LogP contribution in [0.2, 0.25) is 0 Å². The molecule has 3 N–H and O–H groups in total. The van der Waals surface area contributed by atoms with E-state index in [0.717, 1.165) is 16.7 Å². The van der Waals surface area contributed by atoms with Crippen LogP contribution in [0.3, 0.4) is 0 Å². The Kier molecular flexibility index (Phi) is 6.05. The lowest BCUT2D eigenvalue weighted by Gasteiger charge is -2.22. The van der Waals surface area contributed by atoms with Crippen molar-refractivity contribution < 1.29 is 13.2 Å². The van der Waals surface area contributed by atoms with Gasteiger partial charge in [0.2, 0.25) is 10.0 Å². The Morgan fingerprint density at radius 2 is 1.77 bits per heavy atom. The van der Waals surface area contributed by atoms with Gasteiger partial charge >= 0.3 is 6.03 Å². The lowest BCUT2D eigenvalue weighted by atomic mass is 10.1. The van der Waals surface area contributed by atoms with Crippen molar-refractivity contribution in [3.05, 3.63) is 64.7 Å². The number of urea groups is 1. The van der Waals surface area contributed by atoms with Gasteiger partial charge in [0.15, 0.2) is 0 Å². The number of primary sulfonamides is 1. The number of carbonyl (C=O) groups excluding carboxylic acids is 1. The van der Waals surface area contributed by atoms with E-state index in [2.05, 4.69) is 11.4 Å². The maximum Gasteiger partial charge on any atom is 0.317 e. The van der Waals surface area contributed by atoms with Crippen LogP contribution >= 0.6 is 0 Å². The predicted octanol–water partition coefficient (Wildman–Crippen LogP) is 2.85. The first-order valence-electron chi connectivity index (χ1n) is 8.28. The van der Waals surface area contributed by atoms with Crippen molar-refractivity contribution >= 4 is 16.1 Å². The largest absolute Gasteiger partial charge is 0.331 e. The first-order valence-corrected chi connectivity index (χ1v) is 9.83. The summed E-state index contributed by atoms with van der Waals surface area (Å²) in [5, 5.41) is 8.01. The Hall–Kier alpha value is -2.38. The molecule has 7 heteroatoms. The lowest BCUT2D eigenvalue weighted by Crippen LogP contribution is -2.38. The highest BCUT2D eigenvalue weighted by atomic mass is 32.2. The minimum atomic E-state index is -3.72. The Labute approximate surface area is 155 Å². The second-order valence-corrected chi connectivity index (χ2v) is 8.13. The van der Waals surface area contributed by atoms with Crippen molar-refractivity contribution in [2.24, 2.45) is 5.14 Å². The van der Waals surface area contributed by atoms with Gasteiger partial charge in [0.05, 0.1) is 10.9 Å². The van der Waals surface area contributed by atoms with E-state index < -0.39 is 10.0 Å².